The number of anilines is 1. The van der Waals surface area contributed by atoms with E-state index in [0.29, 0.717) is 35.4 Å². The van der Waals surface area contributed by atoms with Crippen LogP contribution >= 0.6 is 11.6 Å². The molecule has 2 aromatic rings. The molecule has 2 aromatic carbocycles. The Balaban J connectivity index is 2.00. The van der Waals surface area contributed by atoms with Crippen molar-refractivity contribution in [1.29, 1.82) is 0 Å². The molecule has 0 saturated carbocycles. The number of nitrogens with one attached hydrogen (secondary N) is 1. The van der Waals surface area contributed by atoms with Crippen LogP contribution in [0.3, 0.4) is 0 Å². The minimum atomic E-state index is -0.629. The molecule has 0 fully saturated rings. The van der Waals surface area contributed by atoms with Crippen molar-refractivity contribution in [2.24, 2.45) is 0 Å². The predicted molar refractivity (Wildman–Crippen MR) is 99.1 cm³/mol. The van der Waals surface area contributed by atoms with Gasteiger partial charge in [0.25, 0.3) is 5.91 Å². The van der Waals surface area contributed by atoms with Crippen LogP contribution < -0.4 is 14.8 Å². The molecule has 138 valence electrons. The Kier molecular flexibility index (Phi) is 7.29. The van der Waals surface area contributed by atoms with Gasteiger partial charge in [-0.25, -0.2) is 4.79 Å². The number of rotatable bonds is 8. The van der Waals surface area contributed by atoms with Gasteiger partial charge in [-0.15, -0.1) is 0 Å². The normalized spacial score (nSPS) is 10.1. The third-order valence-corrected chi connectivity index (χ3v) is 3.47. The smallest absolute Gasteiger partial charge is 0.338 e. The van der Waals surface area contributed by atoms with E-state index >= 15 is 0 Å². The Hall–Kier alpha value is -2.73. The molecule has 0 unspecified atom stereocenters. The van der Waals surface area contributed by atoms with E-state index in [0.717, 1.165) is 0 Å². The maximum absolute atomic E-state index is 12.1. The number of ether oxygens (including phenoxy) is 3. The molecule has 0 aliphatic carbocycles. The highest BCUT2D eigenvalue weighted by Gasteiger charge is 2.13. The van der Waals surface area contributed by atoms with Gasteiger partial charge in [-0.1, -0.05) is 17.7 Å². The zero-order chi connectivity index (χ0) is 18.9. The summed E-state index contributed by atoms with van der Waals surface area (Å²) >= 11 is 5.83. The maximum atomic E-state index is 12.1. The summed E-state index contributed by atoms with van der Waals surface area (Å²) in [7, 11) is 0. The molecule has 0 bridgehead atoms. The number of carbonyl (C=O) groups is 2. The molecule has 1 amide bonds. The van der Waals surface area contributed by atoms with Crippen LogP contribution in [0.1, 0.15) is 24.2 Å². The molecule has 0 saturated heterocycles. The minimum absolute atomic E-state index is 0.277. The van der Waals surface area contributed by atoms with Crippen molar-refractivity contribution in [3.05, 3.63) is 53.1 Å². The fourth-order valence-electron chi connectivity index (χ4n) is 2.16. The summed E-state index contributed by atoms with van der Waals surface area (Å²) in [6, 6.07) is 11.4. The number of esters is 1. The molecule has 0 heterocycles. The Morgan fingerprint density at radius 3 is 2.50 bits per heavy atom. The molecule has 0 aliphatic rings. The summed E-state index contributed by atoms with van der Waals surface area (Å²) in [5.74, 6) is -0.0154. The van der Waals surface area contributed by atoms with E-state index in [1.807, 2.05) is 13.8 Å². The zero-order valence-corrected chi connectivity index (χ0v) is 15.3. The van der Waals surface area contributed by atoms with Gasteiger partial charge in [0.05, 0.1) is 24.5 Å². The molecule has 0 radical (unpaired) electrons. The third kappa shape index (κ3) is 5.67. The second-order valence-electron chi connectivity index (χ2n) is 5.16. The molecule has 1 N–H and O–H groups in total. The maximum Gasteiger partial charge on any atom is 0.338 e. The van der Waals surface area contributed by atoms with E-state index in [2.05, 4.69) is 5.32 Å². The lowest BCUT2D eigenvalue weighted by molar-refractivity contribution is -0.119. The number of hydrogen-bond donors (Lipinski definition) is 1. The van der Waals surface area contributed by atoms with Gasteiger partial charge in [0, 0.05) is 11.1 Å². The van der Waals surface area contributed by atoms with Crippen molar-refractivity contribution in [1.82, 2.24) is 0 Å². The molecular weight excluding hydrogens is 358 g/mol. The van der Waals surface area contributed by atoms with Crippen molar-refractivity contribution in [2.75, 3.05) is 25.1 Å². The van der Waals surface area contributed by atoms with Crippen LogP contribution in [0.2, 0.25) is 5.02 Å². The lowest BCUT2D eigenvalue weighted by atomic mass is 10.2. The van der Waals surface area contributed by atoms with Crippen LogP contribution in [-0.4, -0.2) is 31.7 Å². The van der Waals surface area contributed by atoms with Crippen LogP contribution in [-0.2, 0) is 9.53 Å². The predicted octanol–water partition coefficient (Wildman–Crippen LogP) is 3.93. The van der Waals surface area contributed by atoms with Gasteiger partial charge >= 0.3 is 5.97 Å². The number of halogens is 1. The molecule has 26 heavy (non-hydrogen) atoms. The summed E-state index contributed by atoms with van der Waals surface area (Å²) in [6.45, 7) is 4.22. The van der Waals surface area contributed by atoms with Crippen LogP contribution in [0.5, 0.6) is 11.5 Å². The van der Waals surface area contributed by atoms with Gasteiger partial charge in [-0.05, 0) is 44.2 Å². The average Bonchev–Trinajstić information content (AvgIpc) is 2.62. The largest absolute Gasteiger partial charge is 0.494 e. The Bertz CT molecular complexity index is 778. The highest BCUT2D eigenvalue weighted by Crippen LogP contribution is 2.29. The summed E-state index contributed by atoms with van der Waals surface area (Å²) in [5.41, 5.74) is 0.722. The van der Waals surface area contributed by atoms with Crippen LogP contribution in [0, 0.1) is 0 Å². The number of hydrogen-bond acceptors (Lipinski definition) is 5. The molecule has 0 aromatic heterocycles. The summed E-state index contributed by atoms with van der Waals surface area (Å²) in [6.07, 6.45) is 0. The first-order chi connectivity index (χ1) is 12.5. The summed E-state index contributed by atoms with van der Waals surface area (Å²) in [5, 5.41) is 3.08. The van der Waals surface area contributed by atoms with E-state index in [4.69, 9.17) is 25.8 Å². The van der Waals surface area contributed by atoms with Crippen molar-refractivity contribution in [3.8, 4) is 11.5 Å². The number of benzene rings is 2. The molecule has 0 atom stereocenters. The first-order valence-corrected chi connectivity index (χ1v) is 8.53. The molecule has 2 rings (SSSR count). The fourth-order valence-corrected chi connectivity index (χ4v) is 2.35. The van der Waals surface area contributed by atoms with Gasteiger partial charge in [-0.2, -0.15) is 0 Å². The topological polar surface area (TPSA) is 73.9 Å². The van der Waals surface area contributed by atoms with E-state index in [-0.39, 0.29) is 5.56 Å². The Morgan fingerprint density at radius 1 is 1.04 bits per heavy atom. The van der Waals surface area contributed by atoms with Gasteiger partial charge in [0.1, 0.15) is 11.5 Å². The van der Waals surface area contributed by atoms with Crippen LogP contribution in [0.4, 0.5) is 5.69 Å². The Morgan fingerprint density at radius 2 is 1.81 bits per heavy atom. The summed E-state index contributed by atoms with van der Waals surface area (Å²) < 4.78 is 15.9. The minimum Gasteiger partial charge on any atom is -0.494 e. The summed E-state index contributed by atoms with van der Waals surface area (Å²) in [4.78, 5) is 24.1. The van der Waals surface area contributed by atoms with Crippen LogP contribution in [0.15, 0.2) is 42.5 Å². The SMILES string of the molecule is CCOc1ccc(OCC)c(NC(=O)COC(=O)c2cccc(Cl)c2)c1. The molecule has 0 aliphatic heterocycles. The van der Waals surface area contributed by atoms with Gasteiger partial charge in [0.2, 0.25) is 0 Å². The van der Waals surface area contributed by atoms with Gasteiger partial charge in [-0.3, -0.25) is 4.79 Å². The quantitative estimate of drug-likeness (QED) is 0.705. The Labute approximate surface area is 157 Å². The van der Waals surface area contributed by atoms with Gasteiger partial charge in [0.15, 0.2) is 6.61 Å². The van der Waals surface area contributed by atoms with Crippen molar-refractivity contribution >= 4 is 29.2 Å². The fraction of sp³-hybridized carbons (Fsp3) is 0.263. The van der Waals surface area contributed by atoms with Crippen molar-refractivity contribution in [3.63, 3.8) is 0 Å². The lowest BCUT2D eigenvalue weighted by Crippen LogP contribution is -2.21. The second-order valence-corrected chi connectivity index (χ2v) is 5.60. The first kappa shape index (κ1) is 19.6. The molecular formula is C19H20ClNO5. The number of amides is 1. The number of carbonyl (C=O) groups excluding carboxylic acids is 2. The highest BCUT2D eigenvalue weighted by atomic mass is 35.5. The monoisotopic (exact) mass is 377 g/mol. The third-order valence-electron chi connectivity index (χ3n) is 3.23. The molecule has 7 heteroatoms. The van der Waals surface area contributed by atoms with E-state index in [1.165, 1.54) is 6.07 Å². The lowest BCUT2D eigenvalue weighted by Gasteiger charge is -2.13. The van der Waals surface area contributed by atoms with E-state index in [1.54, 1.807) is 36.4 Å². The zero-order valence-electron chi connectivity index (χ0n) is 14.6. The second kappa shape index (κ2) is 9.68. The average molecular weight is 378 g/mol. The van der Waals surface area contributed by atoms with Crippen molar-refractivity contribution < 1.29 is 23.8 Å². The molecule has 0 spiro atoms. The highest BCUT2D eigenvalue weighted by molar-refractivity contribution is 6.30. The standard InChI is InChI=1S/C19H20ClNO5/c1-3-24-15-8-9-17(25-4-2)16(11-15)21-18(22)12-26-19(23)13-6-5-7-14(20)10-13/h5-11H,3-4,12H2,1-2H3,(H,21,22). The van der Waals surface area contributed by atoms with E-state index < -0.39 is 18.5 Å². The van der Waals surface area contributed by atoms with E-state index in [9.17, 15) is 9.59 Å². The van der Waals surface area contributed by atoms with Gasteiger partial charge < -0.3 is 19.5 Å². The first-order valence-electron chi connectivity index (χ1n) is 8.15. The van der Waals surface area contributed by atoms with Crippen molar-refractivity contribution in [2.45, 2.75) is 13.8 Å². The molecule has 6 nitrogen and oxygen atoms in total. The van der Waals surface area contributed by atoms with Crippen LogP contribution in [0.25, 0.3) is 0 Å².